The third-order valence-electron chi connectivity index (χ3n) is 4.48. The van der Waals surface area contributed by atoms with Crippen LogP contribution in [0.5, 0.6) is 0 Å². The van der Waals surface area contributed by atoms with Gasteiger partial charge in [-0.2, -0.15) is 0 Å². The molecule has 2 aromatic rings. The van der Waals surface area contributed by atoms with E-state index in [-0.39, 0.29) is 47.1 Å². The molecule has 1 fully saturated rings. The molecule has 6 radical (unpaired) electrons. The normalized spacial score (nSPS) is 14.2. The summed E-state index contributed by atoms with van der Waals surface area (Å²) in [6.45, 7) is 2.34. The number of carbonyl (C=O) groups excluding carboxylic acids is 1. The van der Waals surface area contributed by atoms with Crippen molar-refractivity contribution >= 4 is 46.4 Å². The van der Waals surface area contributed by atoms with E-state index in [9.17, 15) is 4.79 Å². The molecule has 1 aliphatic carbocycles. The second-order valence-corrected chi connectivity index (χ2v) is 6.80. The predicted octanol–water partition coefficient (Wildman–Crippen LogP) is -1.96. The SMILES string of the molecule is COCCO.[B]c1nc([B])n(-c2nc(C)cc(C(=O)NC3CCCCC3)n2)c1[B]. The Balaban J connectivity index is 0.000000537. The second-order valence-electron chi connectivity index (χ2n) is 6.80. The first-order valence-electron chi connectivity index (χ1n) is 9.53. The minimum atomic E-state index is -0.223. The summed E-state index contributed by atoms with van der Waals surface area (Å²) in [4.78, 5) is 25.0. The molecule has 0 saturated heterocycles. The van der Waals surface area contributed by atoms with Gasteiger partial charge < -0.3 is 15.2 Å². The zero-order valence-corrected chi connectivity index (χ0v) is 16.9. The topological polar surface area (TPSA) is 102 Å². The Labute approximate surface area is 175 Å². The van der Waals surface area contributed by atoms with E-state index in [0.717, 1.165) is 25.7 Å². The van der Waals surface area contributed by atoms with Crippen molar-refractivity contribution in [1.29, 1.82) is 0 Å². The van der Waals surface area contributed by atoms with Crippen LogP contribution in [0.1, 0.15) is 48.3 Å². The number of aromatic nitrogens is 4. The number of ether oxygens (including phenoxy) is 1. The Morgan fingerprint density at radius 2 is 1.93 bits per heavy atom. The van der Waals surface area contributed by atoms with Crippen LogP contribution in [0.4, 0.5) is 0 Å². The number of hydrogen-bond acceptors (Lipinski definition) is 6. The van der Waals surface area contributed by atoms with Crippen molar-refractivity contribution in [3.8, 4) is 5.95 Å². The average molecular weight is 391 g/mol. The summed E-state index contributed by atoms with van der Waals surface area (Å²) in [5.41, 5.74) is 1.23. The van der Waals surface area contributed by atoms with Gasteiger partial charge in [0.2, 0.25) is 5.95 Å². The van der Waals surface area contributed by atoms with Gasteiger partial charge in [0.05, 0.1) is 18.9 Å². The van der Waals surface area contributed by atoms with E-state index < -0.39 is 0 Å². The van der Waals surface area contributed by atoms with Gasteiger partial charge in [-0.05, 0) is 37.0 Å². The van der Waals surface area contributed by atoms with Gasteiger partial charge in [-0.1, -0.05) is 19.3 Å². The standard InChI is InChI=1S/C15H16B3N5O.C3H8O2/c1-8-7-10(13(24)20-9-5-3-2-4-6-9)21-15(19-8)23-12(17)11(16)22-14(23)18;1-5-3-2-4/h7,9H,2-6H2,1H3,(H,20,24);4H,2-3H2,1H3. The van der Waals surface area contributed by atoms with Gasteiger partial charge >= 0.3 is 0 Å². The van der Waals surface area contributed by atoms with Crippen LogP contribution < -0.4 is 22.2 Å². The molecule has 148 valence electrons. The fraction of sp³-hybridized carbons (Fsp3) is 0.556. The summed E-state index contributed by atoms with van der Waals surface area (Å²) in [6.07, 6.45) is 5.51. The molecule has 0 bridgehead atoms. The second kappa shape index (κ2) is 11.2. The molecule has 0 aliphatic heterocycles. The van der Waals surface area contributed by atoms with Crippen molar-refractivity contribution in [2.45, 2.75) is 45.1 Å². The largest absolute Gasteiger partial charge is 0.394 e. The summed E-state index contributed by atoms with van der Waals surface area (Å²) >= 11 is 0. The van der Waals surface area contributed by atoms with Crippen LogP contribution in [0, 0.1) is 6.92 Å². The van der Waals surface area contributed by atoms with Crippen LogP contribution >= 0.6 is 0 Å². The third-order valence-corrected chi connectivity index (χ3v) is 4.48. The molecule has 1 amide bonds. The lowest BCUT2D eigenvalue weighted by Crippen LogP contribution is -2.37. The number of methoxy groups -OCH3 is 1. The van der Waals surface area contributed by atoms with Gasteiger partial charge in [-0.3, -0.25) is 14.3 Å². The van der Waals surface area contributed by atoms with E-state index >= 15 is 0 Å². The molecule has 2 aromatic heterocycles. The lowest BCUT2D eigenvalue weighted by atomic mass is 9.91. The van der Waals surface area contributed by atoms with Crippen LogP contribution in [0.3, 0.4) is 0 Å². The number of rotatable bonds is 5. The molecule has 8 nitrogen and oxygen atoms in total. The number of hydrogen-bond donors (Lipinski definition) is 2. The fourth-order valence-corrected chi connectivity index (χ4v) is 3.05. The van der Waals surface area contributed by atoms with Crippen LogP contribution in [0.15, 0.2) is 6.07 Å². The van der Waals surface area contributed by atoms with E-state index in [1.807, 2.05) is 0 Å². The summed E-state index contributed by atoms with van der Waals surface area (Å²) in [5, 5.41) is 11.0. The Morgan fingerprint density at radius 3 is 2.45 bits per heavy atom. The number of aryl methyl sites for hydroxylation is 1. The van der Waals surface area contributed by atoms with Crippen LogP contribution in [0.25, 0.3) is 5.95 Å². The molecule has 0 spiro atoms. The predicted molar refractivity (Wildman–Crippen MR) is 113 cm³/mol. The highest BCUT2D eigenvalue weighted by molar-refractivity contribution is 6.48. The molecule has 11 heteroatoms. The van der Waals surface area contributed by atoms with Crippen molar-refractivity contribution < 1.29 is 14.6 Å². The van der Waals surface area contributed by atoms with Crippen LogP contribution in [-0.4, -0.2) is 80.4 Å². The quantitative estimate of drug-likeness (QED) is 0.575. The third kappa shape index (κ3) is 6.43. The van der Waals surface area contributed by atoms with E-state index in [1.165, 1.54) is 11.0 Å². The number of nitrogens with zero attached hydrogens (tertiary/aromatic N) is 4. The molecule has 1 aliphatic rings. The van der Waals surface area contributed by atoms with E-state index in [4.69, 9.17) is 28.6 Å². The summed E-state index contributed by atoms with van der Waals surface area (Å²) < 4.78 is 5.77. The lowest BCUT2D eigenvalue weighted by molar-refractivity contribution is 0.0922. The number of nitrogens with one attached hydrogen (secondary N) is 1. The Bertz CT molecular complexity index is 823. The van der Waals surface area contributed by atoms with Crippen molar-refractivity contribution in [2.24, 2.45) is 0 Å². The summed E-state index contributed by atoms with van der Waals surface area (Å²) in [6, 6.07) is 1.83. The zero-order chi connectivity index (χ0) is 21.4. The fourth-order valence-electron chi connectivity index (χ4n) is 3.05. The molecule has 1 saturated carbocycles. The Hall–Kier alpha value is -2.13. The number of aliphatic hydroxyl groups is 1. The van der Waals surface area contributed by atoms with Gasteiger partial charge in [0.15, 0.2) is 7.85 Å². The minimum Gasteiger partial charge on any atom is -0.394 e. The number of carbonyl (C=O) groups is 1. The number of aliphatic hydroxyl groups excluding tert-OH is 1. The molecule has 3 rings (SSSR count). The summed E-state index contributed by atoms with van der Waals surface area (Å²) in [5.74, 6) is -0.0399. The van der Waals surface area contributed by atoms with Crippen LogP contribution in [0.2, 0.25) is 0 Å². The highest BCUT2D eigenvalue weighted by atomic mass is 16.5. The van der Waals surface area contributed by atoms with Gasteiger partial charge in [0, 0.05) is 18.8 Å². The summed E-state index contributed by atoms with van der Waals surface area (Å²) in [7, 11) is 18.9. The highest BCUT2D eigenvalue weighted by Crippen LogP contribution is 2.17. The van der Waals surface area contributed by atoms with E-state index in [2.05, 4.69) is 25.0 Å². The van der Waals surface area contributed by atoms with Crippen molar-refractivity contribution in [3.05, 3.63) is 17.5 Å². The molecule has 2 heterocycles. The molecule has 0 aromatic carbocycles. The Morgan fingerprint density at radius 1 is 1.24 bits per heavy atom. The zero-order valence-electron chi connectivity index (χ0n) is 16.9. The van der Waals surface area contributed by atoms with E-state index in [1.54, 1.807) is 20.1 Å². The molecule has 0 unspecified atom stereocenters. The van der Waals surface area contributed by atoms with Crippen molar-refractivity contribution in [3.63, 3.8) is 0 Å². The number of amides is 1. The highest BCUT2D eigenvalue weighted by Gasteiger charge is 2.19. The first-order chi connectivity index (χ1) is 13.9. The first kappa shape index (κ1) is 23.2. The lowest BCUT2D eigenvalue weighted by Gasteiger charge is -2.22. The maximum absolute atomic E-state index is 12.5. The first-order valence-corrected chi connectivity index (χ1v) is 9.53. The van der Waals surface area contributed by atoms with Gasteiger partial charge in [-0.25, -0.2) is 9.97 Å². The van der Waals surface area contributed by atoms with Gasteiger partial charge in [0.25, 0.3) is 5.91 Å². The minimum absolute atomic E-state index is 0.0780. The maximum Gasteiger partial charge on any atom is 0.270 e. The molecule has 2 N–H and O–H groups in total. The average Bonchev–Trinajstić information content (AvgIpc) is 2.95. The Kier molecular flexibility index (Phi) is 8.91. The smallest absolute Gasteiger partial charge is 0.270 e. The molecule has 0 atom stereocenters. The molecular weight excluding hydrogens is 367 g/mol. The monoisotopic (exact) mass is 391 g/mol. The van der Waals surface area contributed by atoms with E-state index in [0.29, 0.717) is 12.3 Å². The molecular formula is C18H24B3N5O3. The maximum atomic E-state index is 12.5. The number of imidazole rings is 1. The van der Waals surface area contributed by atoms with Crippen molar-refractivity contribution in [1.82, 2.24) is 24.8 Å². The van der Waals surface area contributed by atoms with Gasteiger partial charge in [-0.15, -0.1) is 0 Å². The molecule has 29 heavy (non-hydrogen) atoms. The van der Waals surface area contributed by atoms with Crippen LogP contribution in [-0.2, 0) is 4.74 Å². The van der Waals surface area contributed by atoms with Gasteiger partial charge in [0.1, 0.15) is 21.4 Å². The van der Waals surface area contributed by atoms with Crippen molar-refractivity contribution in [2.75, 3.05) is 20.3 Å².